The van der Waals surface area contributed by atoms with Gasteiger partial charge in [-0.05, 0) is 6.42 Å². The zero-order chi connectivity index (χ0) is 15.4. The molecule has 3 rings (SSSR count). The summed E-state index contributed by atoms with van der Waals surface area (Å²) >= 11 is 0. The Balaban J connectivity index is 1.64. The summed E-state index contributed by atoms with van der Waals surface area (Å²) in [7, 11) is 0. The van der Waals surface area contributed by atoms with Crippen LogP contribution in [0.5, 0.6) is 0 Å². The van der Waals surface area contributed by atoms with Gasteiger partial charge < -0.3 is 19.7 Å². The highest BCUT2D eigenvalue weighted by atomic mass is 16.7. The third kappa shape index (κ3) is 3.20. The van der Waals surface area contributed by atoms with Gasteiger partial charge in [-0.3, -0.25) is 4.79 Å². The number of aromatic nitrogens is 2. The summed E-state index contributed by atoms with van der Waals surface area (Å²) in [5.74, 6) is 0.233. The average Bonchev–Trinajstić information content (AvgIpc) is 3.01. The molecule has 7 nitrogen and oxygen atoms in total. The minimum Gasteiger partial charge on any atom is -0.356 e. The molecule has 2 aliphatic heterocycles. The summed E-state index contributed by atoms with van der Waals surface area (Å²) in [6.45, 7) is 5.62. The van der Waals surface area contributed by atoms with Crippen LogP contribution in [0.3, 0.4) is 0 Å². The average molecular weight is 306 g/mol. The van der Waals surface area contributed by atoms with Crippen LogP contribution in [0, 0.1) is 0 Å². The van der Waals surface area contributed by atoms with Gasteiger partial charge in [-0.25, -0.2) is 9.97 Å². The first-order valence-corrected chi connectivity index (χ1v) is 7.85. The van der Waals surface area contributed by atoms with Gasteiger partial charge in [-0.15, -0.1) is 0 Å². The fraction of sp³-hybridized carbons (Fsp3) is 0.667. The topological polar surface area (TPSA) is 76.6 Å². The maximum Gasteiger partial charge on any atom is 0.270 e. The molecule has 1 amide bonds. The smallest absolute Gasteiger partial charge is 0.270 e. The van der Waals surface area contributed by atoms with Crippen LogP contribution in [0.4, 0.5) is 5.82 Å². The zero-order valence-corrected chi connectivity index (χ0v) is 12.9. The number of rotatable bonds is 4. The Morgan fingerprint density at radius 3 is 2.73 bits per heavy atom. The number of carbonyl (C=O) groups is 1. The highest BCUT2D eigenvalue weighted by Gasteiger charge is 2.40. The molecule has 0 aromatic carbocycles. The number of nitrogens with one attached hydrogen (secondary N) is 1. The van der Waals surface area contributed by atoms with Gasteiger partial charge in [-0.2, -0.15) is 0 Å². The summed E-state index contributed by atoms with van der Waals surface area (Å²) in [5, 5.41) is 2.83. The fourth-order valence-electron chi connectivity index (χ4n) is 2.84. The lowest BCUT2D eigenvalue weighted by Crippen LogP contribution is -2.45. The van der Waals surface area contributed by atoms with E-state index in [0.717, 1.165) is 38.2 Å². The number of hydrogen-bond acceptors (Lipinski definition) is 6. The van der Waals surface area contributed by atoms with E-state index in [1.54, 1.807) is 6.07 Å². The first-order valence-electron chi connectivity index (χ1n) is 7.85. The van der Waals surface area contributed by atoms with E-state index in [0.29, 0.717) is 25.5 Å². The molecule has 1 aromatic heterocycles. The van der Waals surface area contributed by atoms with E-state index in [2.05, 4.69) is 20.2 Å². The molecule has 1 spiro atoms. The summed E-state index contributed by atoms with van der Waals surface area (Å²) in [5.41, 5.74) is 0.409. The van der Waals surface area contributed by atoms with Gasteiger partial charge in [-0.1, -0.05) is 6.92 Å². The Kier molecular flexibility index (Phi) is 4.54. The van der Waals surface area contributed by atoms with Crippen molar-refractivity contribution in [3.63, 3.8) is 0 Å². The monoisotopic (exact) mass is 306 g/mol. The molecule has 3 heterocycles. The van der Waals surface area contributed by atoms with Gasteiger partial charge in [0.05, 0.1) is 13.2 Å². The van der Waals surface area contributed by atoms with Crippen LogP contribution in [0.1, 0.15) is 36.7 Å². The van der Waals surface area contributed by atoms with Gasteiger partial charge in [0.2, 0.25) is 0 Å². The Hall–Kier alpha value is -1.73. The van der Waals surface area contributed by atoms with Crippen LogP contribution in [0.2, 0.25) is 0 Å². The number of ether oxygens (including phenoxy) is 2. The van der Waals surface area contributed by atoms with Crippen LogP contribution < -0.4 is 10.2 Å². The zero-order valence-electron chi connectivity index (χ0n) is 12.9. The van der Waals surface area contributed by atoms with E-state index >= 15 is 0 Å². The van der Waals surface area contributed by atoms with Crippen LogP contribution in [-0.2, 0) is 9.47 Å². The molecule has 22 heavy (non-hydrogen) atoms. The van der Waals surface area contributed by atoms with E-state index in [4.69, 9.17) is 9.47 Å². The van der Waals surface area contributed by atoms with Gasteiger partial charge in [0.1, 0.15) is 17.8 Å². The van der Waals surface area contributed by atoms with Crippen molar-refractivity contribution >= 4 is 11.7 Å². The van der Waals surface area contributed by atoms with Crippen molar-refractivity contribution in [1.82, 2.24) is 15.3 Å². The van der Waals surface area contributed by atoms with E-state index in [9.17, 15) is 4.79 Å². The van der Waals surface area contributed by atoms with Crippen LogP contribution in [-0.4, -0.2) is 54.5 Å². The number of amides is 1. The van der Waals surface area contributed by atoms with Crippen molar-refractivity contribution in [2.75, 3.05) is 37.7 Å². The second kappa shape index (κ2) is 6.58. The molecule has 2 fully saturated rings. The van der Waals surface area contributed by atoms with Crippen LogP contribution >= 0.6 is 0 Å². The van der Waals surface area contributed by atoms with E-state index < -0.39 is 5.79 Å². The third-order valence-electron chi connectivity index (χ3n) is 4.08. The van der Waals surface area contributed by atoms with Crippen molar-refractivity contribution in [3.05, 3.63) is 18.1 Å². The van der Waals surface area contributed by atoms with Crippen molar-refractivity contribution in [2.45, 2.75) is 32.0 Å². The predicted octanol–water partition coefficient (Wildman–Crippen LogP) is 0.960. The fourth-order valence-corrected chi connectivity index (χ4v) is 2.84. The minimum atomic E-state index is -0.398. The Labute approximate surface area is 130 Å². The number of carbonyl (C=O) groups excluding carboxylic acids is 1. The summed E-state index contributed by atoms with van der Waals surface area (Å²) in [4.78, 5) is 22.5. The lowest BCUT2D eigenvalue weighted by Gasteiger charge is -2.38. The molecule has 0 saturated carbocycles. The second-order valence-corrected chi connectivity index (χ2v) is 5.61. The molecule has 0 unspecified atom stereocenters. The van der Waals surface area contributed by atoms with E-state index in [1.807, 2.05) is 6.92 Å². The molecule has 0 aliphatic carbocycles. The summed E-state index contributed by atoms with van der Waals surface area (Å²) < 4.78 is 11.5. The quantitative estimate of drug-likeness (QED) is 0.893. The van der Waals surface area contributed by atoms with Gasteiger partial charge >= 0.3 is 0 Å². The van der Waals surface area contributed by atoms with Crippen molar-refractivity contribution in [2.24, 2.45) is 0 Å². The maximum absolute atomic E-state index is 12.0. The minimum absolute atomic E-state index is 0.151. The molecule has 0 radical (unpaired) electrons. The highest BCUT2D eigenvalue weighted by molar-refractivity contribution is 5.92. The normalized spacial score (nSPS) is 20.3. The van der Waals surface area contributed by atoms with Crippen LogP contribution in [0.15, 0.2) is 12.4 Å². The Morgan fingerprint density at radius 1 is 1.32 bits per heavy atom. The highest BCUT2D eigenvalue weighted by Crippen LogP contribution is 2.32. The summed E-state index contributed by atoms with van der Waals surface area (Å²) in [6, 6.07) is 1.75. The molecular weight excluding hydrogens is 284 g/mol. The Morgan fingerprint density at radius 2 is 2.05 bits per heavy atom. The van der Waals surface area contributed by atoms with Crippen molar-refractivity contribution < 1.29 is 14.3 Å². The SMILES string of the molecule is CCCNC(=O)c1cc(N2CCC3(CC2)OCCO3)ncn1. The number of nitrogens with zero attached hydrogens (tertiary/aromatic N) is 3. The molecule has 2 saturated heterocycles. The first-order chi connectivity index (χ1) is 10.7. The molecule has 7 heteroatoms. The molecule has 0 bridgehead atoms. The molecule has 0 atom stereocenters. The van der Waals surface area contributed by atoms with Crippen LogP contribution in [0.25, 0.3) is 0 Å². The van der Waals surface area contributed by atoms with E-state index in [1.165, 1.54) is 6.33 Å². The largest absolute Gasteiger partial charge is 0.356 e. The standard InChI is InChI=1S/C15H22N4O3/c1-2-5-16-14(20)12-10-13(18-11-17-12)19-6-3-15(4-7-19)21-8-9-22-15/h10-11H,2-9H2,1H3,(H,16,20). The van der Waals surface area contributed by atoms with Gasteiger partial charge in [0.25, 0.3) is 5.91 Å². The Bertz CT molecular complexity index is 521. The molecule has 2 aliphatic rings. The molecule has 1 aromatic rings. The lowest BCUT2D eigenvalue weighted by atomic mass is 10.0. The first kappa shape index (κ1) is 15.2. The van der Waals surface area contributed by atoms with Gasteiger partial charge in [0.15, 0.2) is 5.79 Å². The van der Waals surface area contributed by atoms with Crippen molar-refractivity contribution in [3.8, 4) is 0 Å². The van der Waals surface area contributed by atoms with E-state index in [-0.39, 0.29) is 5.91 Å². The van der Waals surface area contributed by atoms with Crippen molar-refractivity contribution in [1.29, 1.82) is 0 Å². The molecular formula is C15H22N4O3. The van der Waals surface area contributed by atoms with Gasteiger partial charge in [0, 0.05) is 38.5 Å². The molecule has 120 valence electrons. The number of hydrogen-bond donors (Lipinski definition) is 1. The lowest BCUT2D eigenvalue weighted by molar-refractivity contribution is -0.169. The number of anilines is 1. The molecule has 1 N–H and O–H groups in total. The maximum atomic E-state index is 12.0. The summed E-state index contributed by atoms with van der Waals surface area (Å²) in [6.07, 6.45) is 3.98. The predicted molar refractivity (Wildman–Crippen MR) is 80.7 cm³/mol. The third-order valence-corrected chi connectivity index (χ3v) is 4.08. The number of piperidine rings is 1. The second-order valence-electron chi connectivity index (χ2n) is 5.61.